The summed E-state index contributed by atoms with van der Waals surface area (Å²) in [6.07, 6.45) is 0.767. The van der Waals surface area contributed by atoms with Gasteiger partial charge in [0.05, 0.1) is 18.2 Å². The van der Waals surface area contributed by atoms with Crippen molar-refractivity contribution in [3.05, 3.63) is 53.0 Å². The first-order valence-corrected chi connectivity index (χ1v) is 10.8. The van der Waals surface area contributed by atoms with E-state index in [-0.39, 0.29) is 23.7 Å². The number of rotatable bonds is 7. The molecule has 0 saturated heterocycles. The molecule has 3 aromatic rings. The second-order valence-corrected chi connectivity index (χ2v) is 8.46. The molecule has 1 amide bonds. The molecule has 4 rings (SSSR count). The second kappa shape index (κ2) is 8.21. The zero-order valence-electron chi connectivity index (χ0n) is 18.9. The first-order chi connectivity index (χ1) is 14.8. The smallest absolute Gasteiger partial charge is 0.309 e. The van der Waals surface area contributed by atoms with Gasteiger partial charge in [0, 0.05) is 49.3 Å². The third kappa shape index (κ3) is 3.96. The Hall–Kier alpha value is -3.09. The van der Waals surface area contributed by atoms with Gasteiger partial charge in [0.1, 0.15) is 5.69 Å². The number of benzene rings is 1. The number of carbonyl (C=O) groups is 2. The molecule has 2 aromatic heterocycles. The Kier molecular flexibility index (Phi) is 5.60. The van der Waals surface area contributed by atoms with Crippen LogP contribution in [-0.4, -0.2) is 44.3 Å². The summed E-state index contributed by atoms with van der Waals surface area (Å²) >= 11 is 0. The Balaban J connectivity index is 1.63. The highest BCUT2D eigenvalue weighted by Crippen LogP contribution is 2.40. The van der Waals surface area contributed by atoms with E-state index in [2.05, 4.69) is 5.10 Å². The lowest BCUT2D eigenvalue weighted by atomic mass is 10.1. The molecular weight excluding hydrogens is 392 g/mol. The van der Waals surface area contributed by atoms with Crippen molar-refractivity contribution in [1.29, 1.82) is 0 Å². The lowest BCUT2D eigenvalue weighted by molar-refractivity contribution is -0.145. The van der Waals surface area contributed by atoms with Crippen LogP contribution in [0.1, 0.15) is 40.8 Å². The molecule has 0 spiro atoms. The molecule has 0 radical (unpaired) electrons. The van der Waals surface area contributed by atoms with Gasteiger partial charge in [-0.2, -0.15) is 5.10 Å². The minimum Gasteiger partial charge on any atom is -0.466 e. The molecule has 7 nitrogen and oxygen atoms in total. The molecule has 1 aliphatic carbocycles. The second-order valence-electron chi connectivity index (χ2n) is 8.46. The monoisotopic (exact) mass is 422 g/mol. The van der Waals surface area contributed by atoms with E-state index in [1.165, 1.54) is 0 Å². The number of esters is 1. The number of ether oxygens (including phenoxy) is 1. The largest absolute Gasteiger partial charge is 0.466 e. The van der Waals surface area contributed by atoms with Gasteiger partial charge in [0.2, 0.25) is 0 Å². The highest BCUT2D eigenvalue weighted by molar-refractivity contribution is 5.98. The van der Waals surface area contributed by atoms with Crippen LogP contribution in [-0.2, 0) is 30.2 Å². The Labute approximate surface area is 182 Å². The molecule has 0 bridgehead atoms. The molecule has 2 atom stereocenters. The maximum absolute atomic E-state index is 13.7. The van der Waals surface area contributed by atoms with Crippen molar-refractivity contribution in [3.8, 4) is 0 Å². The van der Waals surface area contributed by atoms with Crippen molar-refractivity contribution in [3.63, 3.8) is 0 Å². The summed E-state index contributed by atoms with van der Waals surface area (Å²) in [4.78, 5) is 27.7. The molecule has 164 valence electrons. The fraction of sp³-hybridized carbons (Fsp3) is 0.458. The standard InChI is InChI=1S/C24H30N4O3/c1-6-31-24(30)19-11-18(19)13-28(14-20-15(2)25-27(5)16(20)3)23(29)22-12-17-9-7-8-10-21(17)26(22)4/h7-10,12,18-19H,6,11,13-14H2,1-5H3/t18-,19+/m0/s1. The normalized spacial score (nSPS) is 17.7. The van der Waals surface area contributed by atoms with Crippen molar-refractivity contribution in [2.75, 3.05) is 13.2 Å². The molecule has 31 heavy (non-hydrogen) atoms. The Bertz CT molecular complexity index is 1140. The SMILES string of the molecule is CCOC(=O)[C@@H]1C[C@H]1CN(Cc1c(C)nn(C)c1C)C(=O)c1cc2ccccc2n1C. The number of carbonyl (C=O) groups excluding carboxylic acids is 2. The van der Waals surface area contributed by atoms with Crippen LogP contribution in [0.5, 0.6) is 0 Å². The third-order valence-corrected chi connectivity index (χ3v) is 6.43. The number of para-hydroxylation sites is 1. The van der Waals surface area contributed by atoms with Crippen molar-refractivity contribution < 1.29 is 14.3 Å². The van der Waals surface area contributed by atoms with Crippen LogP contribution < -0.4 is 0 Å². The van der Waals surface area contributed by atoms with E-state index in [1.807, 2.05) is 79.3 Å². The average molecular weight is 423 g/mol. The molecule has 0 N–H and O–H groups in total. The fourth-order valence-electron chi connectivity index (χ4n) is 4.38. The maximum atomic E-state index is 13.7. The van der Waals surface area contributed by atoms with E-state index in [9.17, 15) is 9.59 Å². The van der Waals surface area contributed by atoms with E-state index in [4.69, 9.17) is 4.74 Å². The molecule has 1 aromatic carbocycles. The van der Waals surface area contributed by atoms with Gasteiger partial charge in [-0.15, -0.1) is 0 Å². The molecule has 0 unspecified atom stereocenters. The first-order valence-electron chi connectivity index (χ1n) is 10.8. The van der Waals surface area contributed by atoms with Gasteiger partial charge in [-0.3, -0.25) is 14.3 Å². The van der Waals surface area contributed by atoms with Crippen LogP contribution >= 0.6 is 0 Å². The molecule has 1 aliphatic rings. The van der Waals surface area contributed by atoms with E-state index < -0.39 is 0 Å². The maximum Gasteiger partial charge on any atom is 0.309 e. The summed E-state index contributed by atoms with van der Waals surface area (Å²) in [6.45, 7) is 7.19. The molecule has 1 saturated carbocycles. The lowest BCUT2D eigenvalue weighted by Gasteiger charge is -2.23. The van der Waals surface area contributed by atoms with E-state index in [0.29, 0.717) is 25.4 Å². The van der Waals surface area contributed by atoms with E-state index in [0.717, 1.165) is 34.3 Å². The highest BCUT2D eigenvalue weighted by Gasteiger charge is 2.45. The van der Waals surface area contributed by atoms with Crippen molar-refractivity contribution >= 4 is 22.8 Å². The van der Waals surface area contributed by atoms with Crippen LogP contribution in [0.4, 0.5) is 0 Å². The van der Waals surface area contributed by atoms with Crippen molar-refractivity contribution in [2.45, 2.75) is 33.7 Å². The van der Waals surface area contributed by atoms with Gasteiger partial charge in [-0.05, 0) is 45.2 Å². The summed E-state index contributed by atoms with van der Waals surface area (Å²) < 4.78 is 8.98. The summed E-state index contributed by atoms with van der Waals surface area (Å²) in [5, 5.41) is 5.55. The molecule has 0 aliphatic heterocycles. The van der Waals surface area contributed by atoms with Gasteiger partial charge in [-0.25, -0.2) is 0 Å². The predicted molar refractivity (Wildman–Crippen MR) is 119 cm³/mol. The van der Waals surface area contributed by atoms with Gasteiger partial charge < -0.3 is 14.2 Å². The van der Waals surface area contributed by atoms with Crippen LogP contribution in [0.3, 0.4) is 0 Å². The minimum atomic E-state index is -0.154. The third-order valence-electron chi connectivity index (χ3n) is 6.43. The topological polar surface area (TPSA) is 69.4 Å². The number of hydrogen-bond donors (Lipinski definition) is 0. The number of aromatic nitrogens is 3. The van der Waals surface area contributed by atoms with E-state index in [1.54, 1.807) is 0 Å². The number of aryl methyl sites for hydroxylation is 3. The van der Waals surface area contributed by atoms with Crippen LogP contribution in [0.15, 0.2) is 30.3 Å². The Morgan fingerprint density at radius 1 is 1.23 bits per heavy atom. The summed E-state index contributed by atoms with van der Waals surface area (Å²) in [6, 6.07) is 9.94. The van der Waals surface area contributed by atoms with Crippen molar-refractivity contribution in [2.24, 2.45) is 25.9 Å². The molecule has 1 fully saturated rings. The summed E-state index contributed by atoms with van der Waals surface area (Å²) in [5.74, 6) is -0.164. The van der Waals surface area contributed by atoms with Crippen molar-refractivity contribution in [1.82, 2.24) is 19.2 Å². The average Bonchev–Trinajstić information content (AvgIpc) is 3.38. The van der Waals surface area contributed by atoms with Crippen LogP contribution in [0, 0.1) is 25.7 Å². The quantitative estimate of drug-likeness (QED) is 0.548. The lowest BCUT2D eigenvalue weighted by Crippen LogP contribution is -2.34. The zero-order chi connectivity index (χ0) is 22.3. The number of amides is 1. The Morgan fingerprint density at radius 3 is 2.61 bits per heavy atom. The van der Waals surface area contributed by atoms with Crippen LogP contribution in [0.2, 0.25) is 0 Å². The van der Waals surface area contributed by atoms with Crippen LogP contribution in [0.25, 0.3) is 10.9 Å². The minimum absolute atomic E-state index is 0.0316. The Morgan fingerprint density at radius 2 is 1.97 bits per heavy atom. The fourth-order valence-corrected chi connectivity index (χ4v) is 4.38. The number of fused-ring (bicyclic) bond motifs is 1. The molecular formula is C24H30N4O3. The van der Waals surface area contributed by atoms with E-state index >= 15 is 0 Å². The zero-order valence-corrected chi connectivity index (χ0v) is 18.9. The van der Waals surface area contributed by atoms with Gasteiger partial charge >= 0.3 is 5.97 Å². The molecule has 7 heteroatoms. The highest BCUT2D eigenvalue weighted by atomic mass is 16.5. The number of hydrogen-bond acceptors (Lipinski definition) is 4. The predicted octanol–water partition coefficient (Wildman–Crippen LogP) is 3.37. The first kappa shape index (κ1) is 21.2. The van der Waals surface area contributed by atoms with Gasteiger partial charge in [-0.1, -0.05) is 18.2 Å². The number of nitrogens with zero attached hydrogens (tertiary/aromatic N) is 4. The van der Waals surface area contributed by atoms with Gasteiger partial charge in [0.25, 0.3) is 5.91 Å². The van der Waals surface area contributed by atoms with Gasteiger partial charge in [0.15, 0.2) is 0 Å². The summed E-state index contributed by atoms with van der Waals surface area (Å²) in [5.41, 5.74) is 4.70. The molecule has 2 heterocycles. The summed E-state index contributed by atoms with van der Waals surface area (Å²) in [7, 11) is 3.84.